The zero-order valence-electron chi connectivity index (χ0n) is 16.9. The Labute approximate surface area is 181 Å². The van der Waals surface area contributed by atoms with Crippen LogP contribution < -0.4 is 4.72 Å². The van der Waals surface area contributed by atoms with Gasteiger partial charge in [0, 0.05) is 10.9 Å². The second-order valence-corrected chi connectivity index (χ2v) is 10.5. The van der Waals surface area contributed by atoms with E-state index in [1.807, 2.05) is 12.1 Å². The van der Waals surface area contributed by atoms with E-state index in [1.165, 1.54) is 55.1 Å². The van der Waals surface area contributed by atoms with Crippen molar-refractivity contribution >= 4 is 26.5 Å². The van der Waals surface area contributed by atoms with E-state index in [-0.39, 0.29) is 11.6 Å². The van der Waals surface area contributed by atoms with Gasteiger partial charge in [0.05, 0.1) is 11.4 Å². The Bertz CT molecular complexity index is 1120. The van der Waals surface area contributed by atoms with Gasteiger partial charge >= 0.3 is 0 Å². The molecule has 30 heavy (non-hydrogen) atoms. The number of aromatic nitrogens is 1. The summed E-state index contributed by atoms with van der Waals surface area (Å²) >= 11 is 1.22. The number of rotatable bonds is 6. The Balaban J connectivity index is 1.42. The van der Waals surface area contributed by atoms with Crippen molar-refractivity contribution < 1.29 is 12.8 Å². The number of halogens is 1. The van der Waals surface area contributed by atoms with E-state index in [0.717, 1.165) is 11.1 Å². The molecule has 0 bridgehead atoms. The summed E-state index contributed by atoms with van der Waals surface area (Å²) in [6.07, 6.45) is 6.31. The minimum Gasteiger partial charge on any atom is -0.258 e. The maximum Gasteiger partial charge on any atom is 0.238 e. The number of benzene rings is 2. The Morgan fingerprint density at radius 2 is 1.83 bits per heavy atom. The van der Waals surface area contributed by atoms with Gasteiger partial charge in [0.15, 0.2) is 5.13 Å². The minimum absolute atomic E-state index is 0.0947. The quantitative estimate of drug-likeness (QED) is 0.489. The van der Waals surface area contributed by atoms with Crippen molar-refractivity contribution in [2.45, 2.75) is 50.7 Å². The monoisotopic (exact) mass is 444 g/mol. The van der Waals surface area contributed by atoms with Gasteiger partial charge in [-0.3, -0.25) is 4.72 Å². The van der Waals surface area contributed by atoms with Crippen molar-refractivity contribution in [1.29, 1.82) is 0 Å². The van der Waals surface area contributed by atoms with Crippen LogP contribution in [0.1, 0.15) is 54.7 Å². The number of anilines is 1. The molecule has 0 aliphatic heterocycles. The number of nitrogens with zero attached hydrogens (tertiary/aromatic N) is 1. The highest BCUT2D eigenvalue weighted by molar-refractivity contribution is 7.92. The fraction of sp³-hybridized carbons (Fsp3) is 0.348. The maximum atomic E-state index is 13.5. The molecule has 1 saturated carbocycles. The van der Waals surface area contributed by atoms with E-state index < -0.39 is 10.0 Å². The number of hydrogen-bond acceptors (Lipinski definition) is 4. The Morgan fingerprint density at radius 1 is 1.10 bits per heavy atom. The summed E-state index contributed by atoms with van der Waals surface area (Å²) in [5, 5.41) is 2.08. The molecule has 7 heteroatoms. The average molecular weight is 445 g/mol. The van der Waals surface area contributed by atoms with Gasteiger partial charge in [-0.2, -0.15) is 0 Å². The van der Waals surface area contributed by atoms with Crippen LogP contribution in [0.5, 0.6) is 0 Å². The molecule has 4 rings (SSSR count). The second kappa shape index (κ2) is 8.86. The lowest BCUT2D eigenvalue weighted by molar-refractivity contribution is 0.443. The second-order valence-electron chi connectivity index (χ2n) is 7.94. The highest BCUT2D eigenvalue weighted by Crippen LogP contribution is 2.33. The summed E-state index contributed by atoms with van der Waals surface area (Å²) in [4.78, 5) is 4.36. The smallest absolute Gasteiger partial charge is 0.238 e. The molecule has 1 N–H and O–H groups in total. The van der Waals surface area contributed by atoms with Crippen LogP contribution >= 0.6 is 11.3 Å². The summed E-state index contributed by atoms with van der Waals surface area (Å²) in [5.74, 6) is 0.235. The molecule has 1 fully saturated rings. The van der Waals surface area contributed by atoms with Crippen LogP contribution in [0.4, 0.5) is 9.52 Å². The summed E-state index contributed by atoms with van der Waals surface area (Å²) in [7, 11) is -3.57. The van der Waals surface area contributed by atoms with Gasteiger partial charge in [-0.1, -0.05) is 43.5 Å². The molecule has 0 radical (unpaired) electrons. The van der Waals surface area contributed by atoms with Crippen LogP contribution in [0.15, 0.2) is 47.8 Å². The molecule has 1 aromatic heterocycles. The normalized spacial score (nSPS) is 15.3. The van der Waals surface area contributed by atoms with Crippen LogP contribution in [0, 0.1) is 12.7 Å². The zero-order chi connectivity index (χ0) is 21.1. The van der Waals surface area contributed by atoms with E-state index in [0.29, 0.717) is 22.3 Å². The van der Waals surface area contributed by atoms with Crippen LogP contribution in [-0.4, -0.2) is 13.4 Å². The maximum absolute atomic E-state index is 13.5. The highest BCUT2D eigenvalue weighted by Gasteiger charge is 2.17. The van der Waals surface area contributed by atoms with E-state index in [2.05, 4.69) is 21.8 Å². The highest BCUT2D eigenvalue weighted by atomic mass is 32.2. The van der Waals surface area contributed by atoms with Gasteiger partial charge in [0.25, 0.3) is 0 Å². The standard InChI is InChI=1S/C23H25FN2O2S2/c1-16-13-20(11-12-21(16)24)22-14-29-23(25-22)26-30(27,28)15-17-7-9-19(10-8-17)18-5-3-2-4-6-18/h7-14,18H,2-6,15H2,1H3,(H,25,26). The molecule has 1 heterocycles. The van der Waals surface area contributed by atoms with Gasteiger partial charge in [-0.15, -0.1) is 11.3 Å². The summed E-state index contributed by atoms with van der Waals surface area (Å²) in [6.45, 7) is 1.69. The predicted molar refractivity (Wildman–Crippen MR) is 121 cm³/mol. The number of sulfonamides is 1. The SMILES string of the molecule is Cc1cc(-c2csc(NS(=O)(=O)Cc3ccc(C4CCCCC4)cc3)n2)ccc1F. The molecular formula is C23H25FN2O2S2. The molecule has 158 valence electrons. The van der Waals surface area contributed by atoms with E-state index in [1.54, 1.807) is 24.4 Å². The fourth-order valence-electron chi connectivity index (χ4n) is 3.97. The lowest BCUT2D eigenvalue weighted by Gasteiger charge is -2.22. The molecule has 0 saturated heterocycles. The molecular weight excluding hydrogens is 419 g/mol. The van der Waals surface area contributed by atoms with Crippen LogP contribution in [0.3, 0.4) is 0 Å². The van der Waals surface area contributed by atoms with Crippen LogP contribution in [0.2, 0.25) is 0 Å². The van der Waals surface area contributed by atoms with Crippen LogP contribution in [0.25, 0.3) is 11.3 Å². The fourth-order valence-corrected chi connectivity index (χ4v) is 6.12. The largest absolute Gasteiger partial charge is 0.258 e. The Kier molecular flexibility index (Phi) is 6.20. The van der Waals surface area contributed by atoms with E-state index >= 15 is 0 Å². The van der Waals surface area contributed by atoms with Crippen molar-refractivity contribution in [2.24, 2.45) is 0 Å². The Morgan fingerprint density at radius 3 is 2.53 bits per heavy atom. The number of nitrogens with one attached hydrogen (secondary N) is 1. The van der Waals surface area contributed by atoms with Gasteiger partial charge in [-0.05, 0) is 60.6 Å². The first-order valence-electron chi connectivity index (χ1n) is 10.2. The third-order valence-electron chi connectivity index (χ3n) is 5.61. The number of hydrogen-bond donors (Lipinski definition) is 1. The number of aryl methyl sites for hydroxylation is 1. The molecule has 0 spiro atoms. The van der Waals surface area contributed by atoms with Crippen molar-refractivity contribution in [3.05, 3.63) is 70.4 Å². The molecule has 1 aliphatic carbocycles. The molecule has 1 aliphatic rings. The first-order valence-corrected chi connectivity index (χ1v) is 12.7. The van der Waals surface area contributed by atoms with E-state index in [9.17, 15) is 12.8 Å². The van der Waals surface area contributed by atoms with Crippen molar-refractivity contribution in [3.63, 3.8) is 0 Å². The summed E-state index contributed by atoms with van der Waals surface area (Å²) < 4.78 is 41.2. The minimum atomic E-state index is -3.57. The van der Waals surface area contributed by atoms with Crippen molar-refractivity contribution in [3.8, 4) is 11.3 Å². The van der Waals surface area contributed by atoms with Crippen molar-refractivity contribution in [1.82, 2.24) is 4.98 Å². The molecule has 0 unspecified atom stereocenters. The molecule has 4 nitrogen and oxygen atoms in total. The topological polar surface area (TPSA) is 59.1 Å². The molecule has 3 aromatic rings. The van der Waals surface area contributed by atoms with E-state index in [4.69, 9.17) is 0 Å². The summed E-state index contributed by atoms with van der Waals surface area (Å²) in [5.41, 5.74) is 3.97. The third-order valence-corrected chi connectivity index (χ3v) is 7.72. The van der Waals surface area contributed by atoms with Crippen LogP contribution in [-0.2, 0) is 15.8 Å². The lowest BCUT2D eigenvalue weighted by Crippen LogP contribution is -2.15. The zero-order valence-corrected chi connectivity index (χ0v) is 18.5. The average Bonchev–Trinajstić information content (AvgIpc) is 3.18. The van der Waals surface area contributed by atoms with Gasteiger partial charge < -0.3 is 0 Å². The lowest BCUT2D eigenvalue weighted by atomic mass is 9.84. The van der Waals surface area contributed by atoms with Gasteiger partial charge in [0.2, 0.25) is 10.0 Å². The van der Waals surface area contributed by atoms with Crippen molar-refractivity contribution in [2.75, 3.05) is 4.72 Å². The molecule has 0 amide bonds. The van der Waals surface area contributed by atoms with Gasteiger partial charge in [0.1, 0.15) is 5.82 Å². The van der Waals surface area contributed by atoms with Gasteiger partial charge in [-0.25, -0.2) is 17.8 Å². The summed E-state index contributed by atoms with van der Waals surface area (Å²) in [6, 6.07) is 12.7. The first kappa shape index (κ1) is 21.0. The predicted octanol–water partition coefficient (Wildman–Crippen LogP) is 6.25. The first-order chi connectivity index (χ1) is 14.4. The third kappa shape index (κ3) is 5.08. The molecule has 0 atom stereocenters. The number of thiazole rings is 1. The molecule has 2 aromatic carbocycles. The Hall–Kier alpha value is -2.25.